The van der Waals surface area contributed by atoms with Crippen molar-refractivity contribution in [3.63, 3.8) is 0 Å². The molecule has 0 saturated heterocycles. The molecule has 0 rings (SSSR count). The number of carbonyl (C=O) groups excluding carboxylic acids is 1. The molecule has 0 aliphatic rings. The number of carboxylic acids is 1. The maximum atomic E-state index is 11.3. The zero-order valence-corrected chi connectivity index (χ0v) is 9.78. The molecule has 0 heterocycles. The molecule has 5 heteroatoms. The number of nitrogens with one attached hydrogen (secondary N) is 2. The minimum absolute atomic E-state index is 0.187. The van der Waals surface area contributed by atoms with Crippen LogP contribution < -0.4 is 10.6 Å². The highest BCUT2D eigenvalue weighted by molar-refractivity contribution is 5.82. The number of hydrogen-bond acceptors (Lipinski definition) is 2. The fraction of sp³-hybridized carbons (Fsp3) is 0.636. The van der Waals surface area contributed by atoms with E-state index in [1.54, 1.807) is 6.92 Å². The molecule has 0 aliphatic heterocycles. The van der Waals surface area contributed by atoms with Gasteiger partial charge in [0, 0.05) is 0 Å². The standard InChI is InChI=1S/C11H18N2O3/c1-5-8(4)12-11(16)13-9(10(14)15)6-7(2)3/h1,7-9H,6H2,2-4H3,(H,14,15)(H2,12,13,16). The van der Waals surface area contributed by atoms with E-state index < -0.39 is 24.1 Å². The summed E-state index contributed by atoms with van der Waals surface area (Å²) in [4.78, 5) is 22.2. The molecule has 2 unspecified atom stereocenters. The van der Waals surface area contributed by atoms with Gasteiger partial charge in [-0.05, 0) is 19.3 Å². The van der Waals surface area contributed by atoms with Crippen LogP contribution in [0.1, 0.15) is 27.2 Å². The van der Waals surface area contributed by atoms with Gasteiger partial charge in [0.05, 0.1) is 6.04 Å². The van der Waals surface area contributed by atoms with E-state index in [-0.39, 0.29) is 5.92 Å². The molecule has 0 aromatic heterocycles. The number of aliphatic carboxylic acids is 1. The topological polar surface area (TPSA) is 78.4 Å². The summed E-state index contributed by atoms with van der Waals surface area (Å²) in [7, 11) is 0. The summed E-state index contributed by atoms with van der Waals surface area (Å²) in [6.45, 7) is 5.41. The molecule has 2 amide bonds. The van der Waals surface area contributed by atoms with Crippen LogP contribution in [0.3, 0.4) is 0 Å². The Balaban J connectivity index is 4.25. The van der Waals surface area contributed by atoms with E-state index in [9.17, 15) is 9.59 Å². The maximum absolute atomic E-state index is 11.3. The first kappa shape index (κ1) is 14.3. The Morgan fingerprint density at radius 2 is 1.88 bits per heavy atom. The molecule has 0 spiro atoms. The van der Waals surface area contributed by atoms with Crippen LogP contribution >= 0.6 is 0 Å². The molecule has 2 atom stereocenters. The molecular formula is C11H18N2O3. The van der Waals surface area contributed by atoms with Gasteiger partial charge >= 0.3 is 12.0 Å². The first-order chi connectivity index (χ1) is 7.36. The van der Waals surface area contributed by atoms with Gasteiger partial charge in [0.15, 0.2) is 0 Å². The normalized spacial score (nSPS) is 13.7. The molecule has 0 aromatic carbocycles. The van der Waals surface area contributed by atoms with Gasteiger partial charge in [0.25, 0.3) is 0 Å². The summed E-state index contributed by atoms with van der Waals surface area (Å²) in [6, 6.07) is -1.86. The quantitative estimate of drug-likeness (QED) is 0.607. The highest BCUT2D eigenvalue weighted by atomic mass is 16.4. The molecule has 0 aromatic rings. The summed E-state index contributed by atoms with van der Waals surface area (Å²) in [5, 5.41) is 13.7. The predicted octanol–water partition coefficient (Wildman–Crippen LogP) is 0.807. The van der Waals surface area contributed by atoms with Gasteiger partial charge in [0.2, 0.25) is 0 Å². The summed E-state index contributed by atoms with van der Waals surface area (Å²) in [5.74, 6) is 1.46. The molecule has 0 fully saturated rings. The molecule has 0 aliphatic carbocycles. The average molecular weight is 226 g/mol. The van der Waals surface area contributed by atoms with E-state index in [2.05, 4.69) is 16.6 Å². The Kier molecular flexibility index (Phi) is 6.01. The highest BCUT2D eigenvalue weighted by Crippen LogP contribution is 2.04. The first-order valence-electron chi connectivity index (χ1n) is 5.12. The first-order valence-corrected chi connectivity index (χ1v) is 5.12. The number of carboxylic acid groups (broad SMARTS) is 1. The van der Waals surface area contributed by atoms with Crippen molar-refractivity contribution in [3.8, 4) is 12.3 Å². The van der Waals surface area contributed by atoms with Crippen molar-refractivity contribution in [1.29, 1.82) is 0 Å². The number of amides is 2. The van der Waals surface area contributed by atoms with Crippen molar-refractivity contribution < 1.29 is 14.7 Å². The Bertz CT molecular complexity index is 294. The van der Waals surface area contributed by atoms with E-state index in [1.807, 2.05) is 13.8 Å². The molecule has 5 nitrogen and oxygen atoms in total. The Hall–Kier alpha value is -1.70. The fourth-order valence-electron chi connectivity index (χ4n) is 1.13. The second kappa shape index (κ2) is 6.72. The van der Waals surface area contributed by atoms with Gasteiger partial charge in [-0.1, -0.05) is 19.8 Å². The summed E-state index contributed by atoms with van der Waals surface area (Å²) in [6.07, 6.45) is 5.46. The maximum Gasteiger partial charge on any atom is 0.326 e. The van der Waals surface area contributed by atoms with Crippen LogP contribution in [0, 0.1) is 18.3 Å². The van der Waals surface area contributed by atoms with Gasteiger partial charge in [-0.2, -0.15) is 0 Å². The van der Waals surface area contributed by atoms with Crippen molar-refractivity contribution in [2.75, 3.05) is 0 Å². The largest absolute Gasteiger partial charge is 0.480 e. The van der Waals surface area contributed by atoms with Crippen LogP contribution in [-0.4, -0.2) is 29.2 Å². The second-order valence-corrected chi connectivity index (χ2v) is 4.03. The lowest BCUT2D eigenvalue weighted by molar-refractivity contribution is -0.139. The molecular weight excluding hydrogens is 208 g/mol. The monoisotopic (exact) mass is 226 g/mol. The zero-order chi connectivity index (χ0) is 12.7. The van der Waals surface area contributed by atoms with Crippen LogP contribution in [-0.2, 0) is 4.79 Å². The van der Waals surface area contributed by atoms with E-state index in [4.69, 9.17) is 11.5 Å². The molecule has 0 saturated carbocycles. The van der Waals surface area contributed by atoms with Gasteiger partial charge in [-0.3, -0.25) is 0 Å². The van der Waals surface area contributed by atoms with Crippen molar-refractivity contribution in [2.45, 2.75) is 39.3 Å². The molecule has 3 N–H and O–H groups in total. The van der Waals surface area contributed by atoms with E-state index in [0.717, 1.165) is 0 Å². The van der Waals surface area contributed by atoms with Crippen LogP contribution in [0.25, 0.3) is 0 Å². The van der Waals surface area contributed by atoms with Crippen molar-refractivity contribution in [2.24, 2.45) is 5.92 Å². The second-order valence-electron chi connectivity index (χ2n) is 4.03. The summed E-state index contributed by atoms with van der Waals surface area (Å²) < 4.78 is 0. The lowest BCUT2D eigenvalue weighted by Gasteiger charge is -2.17. The SMILES string of the molecule is C#CC(C)NC(=O)NC(CC(C)C)C(=O)O. The fourth-order valence-corrected chi connectivity index (χ4v) is 1.13. The van der Waals surface area contributed by atoms with E-state index >= 15 is 0 Å². The number of rotatable bonds is 5. The molecule has 90 valence electrons. The Morgan fingerprint density at radius 3 is 2.25 bits per heavy atom. The molecule has 0 radical (unpaired) electrons. The predicted molar refractivity (Wildman–Crippen MR) is 60.8 cm³/mol. The Labute approximate surface area is 95.6 Å². The van der Waals surface area contributed by atoms with Crippen LogP contribution in [0.5, 0.6) is 0 Å². The molecule has 16 heavy (non-hydrogen) atoms. The lowest BCUT2D eigenvalue weighted by atomic mass is 10.0. The third-order valence-corrected chi connectivity index (χ3v) is 1.91. The average Bonchev–Trinajstić information content (AvgIpc) is 2.15. The smallest absolute Gasteiger partial charge is 0.326 e. The van der Waals surface area contributed by atoms with Gasteiger partial charge in [-0.25, -0.2) is 9.59 Å². The minimum atomic E-state index is -1.04. The van der Waals surface area contributed by atoms with E-state index in [1.165, 1.54) is 0 Å². The van der Waals surface area contributed by atoms with Crippen molar-refractivity contribution in [3.05, 3.63) is 0 Å². The van der Waals surface area contributed by atoms with E-state index in [0.29, 0.717) is 6.42 Å². The minimum Gasteiger partial charge on any atom is -0.480 e. The third kappa shape index (κ3) is 5.91. The number of carbonyl (C=O) groups is 2. The van der Waals surface area contributed by atoms with Crippen LogP contribution in [0.2, 0.25) is 0 Å². The highest BCUT2D eigenvalue weighted by Gasteiger charge is 2.21. The zero-order valence-electron chi connectivity index (χ0n) is 9.78. The van der Waals surface area contributed by atoms with Crippen molar-refractivity contribution >= 4 is 12.0 Å². The number of hydrogen-bond donors (Lipinski definition) is 3. The van der Waals surface area contributed by atoms with Gasteiger partial charge in [-0.15, -0.1) is 6.42 Å². The number of urea groups is 1. The summed E-state index contributed by atoms with van der Waals surface area (Å²) in [5.41, 5.74) is 0. The third-order valence-electron chi connectivity index (χ3n) is 1.91. The van der Waals surface area contributed by atoms with Crippen LogP contribution in [0.15, 0.2) is 0 Å². The Morgan fingerprint density at radius 1 is 1.31 bits per heavy atom. The number of terminal acetylenes is 1. The van der Waals surface area contributed by atoms with Gasteiger partial charge < -0.3 is 15.7 Å². The van der Waals surface area contributed by atoms with Crippen LogP contribution in [0.4, 0.5) is 4.79 Å². The van der Waals surface area contributed by atoms with Gasteiger partial charge in [0.1, 0.15) is 6.04 Å². The lowest BCUT2D eigenvalue weighted by Crippen LogP contribution is -2.48. The molecule has 0 bridgehead atoms. The van der Waals surface area contributed by atoms with Crippen molar-refractivity contribution in [1.82, 2.24) is 10.6 Å². The summed E-state index contributed by atoms with van der Waals surface area (Å²) >= 11 is 0.